The predicted molar refractivity (Wildman–Crippen MR) is 66.5 cm³/mol. The number of hydrogen-bond donors (Lipinski definition) is 2. The zero-order valence-electron chi connectivity index (χ0n) is 9.91. The van der Waals surface area contributed by atoms with Gasteiger partial charge in [-0.2, -0.15) is 0 Å². The molecule has 0 spiro atoms. The summed E-state index contributed by atoms with van der Waals surface area (Å²) in [6.07, 6.45) is 2.16. The van der Waals surface area contributed by atoms with Crippen molar-refractivity contribution >= 4 is 11.6 Å². The summed E-state index contributed by atoms with van der Waals surface area (Å²) in [6.45, 7) is 4.64. The van der Waals surface area contributed by atoms with E-state index < -0.39 is 6.04 Å². The third-order valence-electron chi connectivity index (χ3n) is 2.75. The van der Waals surface area contributed by atoms with E-state index in [0.717, 1.165) is 12.0 Å². The van der Waals surface area contributed by atoms with Gasteiger partial charge in [-0.25, -0.2) is 4.39 Å². The molecule has 0 aromatic heterocycles. The summed E-state index contributed by atoms with van der Waals surface area (Å²) < 4.78 is 18.0. The zero-order valence-corrected chi connectivity index (χ0v) is 9.91. The molecule has 1 aromatic carbocycles. The van der Waals surface area contributed by atoms with Crippen LogP contribution in [0.1, 0.15) is 18.0 Å². The summed E-state index contributed by atoms with van der Waals surface area (Å²) in [5, 5.41) is 5.77. The molecule has 0 fully saturated rings. The maximum Gasteiger partial charge on any atom is 0.246 e. The number of benzene rings is 1. The standard InChI is InChI=1S/C13H15FN2O2/c1-2-18-7-3-6-15-12-10-5-4-9(14)8-11(10)16-13(12)17/h2,4-5,8,12,15H,1,3,6-7H2,(H,16,17). The van der Waals surface area contributed by atoms with Crippen LogP contribution < -0.4 is 10.6 Å². The van der Waals surface area contributed by atoms with Gasteiger partial charge in [0.05, 0.1) is 12.9 Å². The summed E-state index contributed by atoms with van der Waals surface area (Å²) in [4.78, 5) is 11.7. The highest BCUT2D eigenvalue weighted by Crippen LogP contribution is 2.30. The van der Waals surface area contributed by atoms with E-state index in [1.54, 1.807) is 6.07 Å². The molecule has 0 saturated carbocycles. The lowest BCUT2D eigenvalue weighted by Gasteiger charge is -2.11. The van der Waals surface area contributed by atoms with Gasteiger partial charge in [0.1, 0.15) is 11.9 Å². The highest BCUT2D eigenvalue weighted by molar-refractivity contribution is 6.02. The molecule has 1 amide bonds. The molecule has 0 bridgehead atoms. The molecular weight excluding hydrogens is 235 g/mol. The number of amides is 1. The SMILES string of the molecule is C=COCCCNC1C(=O)Nc2cc(F)ccc21. The summed E-state index contributed by atoms with van der Waals surface area (Å²) in [5.41, 5.74) is 1.32. The quantitative estimate of drug-likeness (QED) is 0.599. The second kappa shape index (κ2) is 5.64. The van der Waals surface area contributed by atoms with Crippen molar-refractivity contribution in [1.82, 2.24) is 5.32 Å². The van der Waals surface area contributed by atoms with Crippen molar-refractivity contribution in [1.29, 1.82) is 0 Å². The number of carbonyl (C=O) groups excluding carboxylic acids is 1. The molecule has 1 atom stereocenters. The lowest BCUT2D eigenvalue weighted by atomic mass is 10.1. The first kappa shape index (κ1) is 12.6. The molecule has 1 heterocycles. The molecule has 96 valence electrons. The van der Waals surface area contributed by atoms with E-state index in [1.807, 2.05) is 0 Å². The number of rotatable bonds is 6. The number of fused-ring (bicyclic) bond motifs is 1. The highest BCUT2D eigenvalue weighted by atomic mass is 19.1. The van der Waals surface area contributed by atoms with Crippen LogP contribution in [-0.4, -0.2) is 19.1 Å². The van der Waals surface area contributed by atoms with Crippen LogP contribution >= 0.6 is 0 Å². The van der Waals surface area contributed by atoms with Crippen LogP contribution in [0.2, 0.25) is 0 Å². The van der Waals surface area contributed by atoms with Crippen molar-refractivity contribution in [3.63, 3.8) is 0 Å². The van der Waals surface area contributed by atoms with Gasteiger partial charge in [-0.3, -0.25) is 4.79 Å². The summed E-state index contributed by atoms with van der Waals surface area (Å²) >= 11 is 0. The predicted octanol–water partition coefficient (Wildman–Crippen LogP) is 1.96. The van der Waals surface area contributed by atoms with Crippen molar-refractivity contribution in [2.45, 2.75) is 12.5 Å². The van der Waals surface area contributed by atoms with Crippen molar-refractivity contribution in [2.24, 2.45) is 0 Å². The Bertz CT molecular complexity index is 462. The van der Waals surface area contributed by atoms with Gasteiger partial charge in [-0.05, 0) is 25.1 Å². The van der Waals surface area contributed by atoms with Gasteiger partial charge in [-0.1, -0.05) is 12.6 Å². The van der Waals surface area contributed by atoms with Crippen molar-refractivity contribution in [3.8, 4) is 0 Å². The van der Waals surface area contributed by atoms with E-state index in [4.69, 9.17) is 4.74 Å². The van der Waals surface area contributed by atoms with E-state index in [-0.39, 0.29) is 11.7 Å². The topological polar surface area (TPSA) is 50.4 Å². The van der Waals surface area contributed by atoms with E-state index in [2.05, 4.69) is 17.2 Å². The number of ether oxygens (including phenoxy) is 1. The molecule has 0 aliphatic carbocycles. The van der Waals surface area contributed by atoms with E-state index >= 15 is 0 Å². The lowest BCUT2D eigenvalue weighted by Crippen LogP contribution is -2.28. The highest BCUT2D eigenvalue weighted by Gasteiger charge is 2.29. The first-order valence-corrected chi connectivity index (χ1v) is 5.78. The minimum absolute atomic E-state index is 0.153. The third-order valence-corrected chi connectivity index (χ3v) is 2.75. The minimum atomic E-state index is -0.413. The maximum atomic E-state index is 13.0. The Balaban J connectivity index is 1.94. The van der Waals surface area contributed by atoms with Crippen LogP contribution in [0.5, 0.6) is 0 Å². The monoisotopic (exact) mass is 250 g/mol. The van der Waals surface area contributed by atoms with E-state index in [1.165, 1.54) is 18.4 Å². The van der Waals surface area contributed by atoms with Gasteiger partial charge in [0.15, 0.2) is 0 Å². The van der Waals surface area contributed by atoms with E-state index in [9.17, 15) is 9.18 Å². The molecule has 1 aliphatic heterocycles. The van der Waals surface area contributed by atoms with Crippen molar-refractivity contribution in [3.05, 3.63) is 42.4 Å². The summed E-state index contributed by atoms with van der Waals surface area (Å²) in [6, 6.07) is 3.90. The first-order valence-electron chi connectivity index (χ1n) is 5.78. The molecule has 0 radical (unpaired) electrons. The molecule has 2 rings (SSSR count). The van der Waals surface area contributed by atoms with Crippen LogP contribution in [0.25, 0.3) is 0 Å². The molecule has 2 N–H and O–H groups in total. The lowest BCUT2D eigenvalue weighted by molar-refractivity contribution is -0.117. The number of halogens is 1. The largest absolute Gasteiger partial charge is 0.502 e. The van der Waals surface area contributed by atoms with Gasteiger partial charge in [0.2, 0.25) is 5.91 Å². The normalized spacial score (nSPS) is 17.2. The average Bonchev–Trinajstić information content (AvgIpc) is 2.64. The molecule has 5 heteroatoms. The molecule has 1 unspecified atom stereocenters. The van der Waals surface area contributed by atoms with Crippen LogP contribution in [0.15, 0.2) is 31.0 Å². The summed E-state index contributed by atoms with van der Waals surface area (Å²) in [7, 11) is 0. The van der Waals surface area contributed by atoms with Crippen LogP contribution in [-0.2, 0) is 9.53 Å². The van der Waals surface area contributed by atoms with E-state index in [0.29, 0.717) is 18.8 Å². The van der Waals surface area contributed by atoms with Crippen molar-refractivity contribution < 1.29 is 13.9 Å². The fourth-order valence-electron chi connectivity index (χ4n) is 1.92. The zero-order chi connectivity index (χ0) is 13.0. The smallest absolute Gasteiger partial charge is 0.246 e. The minimum Gasteiger partial charge on any atom is -0.502 e. The maximum absolute atomic E-state index is 13.0. The Labute approximate surface area is 105 Å². The van der Waals surface area contributed by atoms with Crippen LogP contribution in [0, 0.1) is 5.82 Å². The van der Waals surface area contributed by atoms with Crippen molar-refractivity contribution in [2.75, 3.05) is 18.5 Å². The van der Waals surface area contributed by atoms with Gasteiger partial charge in [0, 0.05) is 11.3 Å². The fourth-order valence-corrected chi connectivity index (χ4v) is 1.92. The Hall–Kier alpha value is -1.88. The molecule has 1 aromatic rings. The number of anilines is 1. The molecule has 18 heavy (non-hydrogen) atoms. The van der Waals surface area contributed by atoms with Gasteiger partial charge < -0.3 is 15.4 Å². The summed E-state index contributed by atoms with van der Waals surface area (Å²) in [5.74, 6) is -0.505. The molecular formula is C13H15FN2O2. The second-order valence-corrected chi connectivity index (χ2v) is 4.00. The van der Waals surface area contributed by atoms with Crippen LogP contribution in [0.3, 0.4) is 0 Å². The first-order chi connectivity index (χ1) is 8.72. The Morgan fingerprint density at radius 3 is 3.17 bits per heavy atom. The molecule has 0 saturated heterocycles. The average molecular weight is 250 g/mol. The van der Waals surface area contributed by atoms with Gasteiger partial charge in [0.25, 0.3) is 0 Å². The number of hydrogen-bond acceptors (Lipinski definition) is 3. The fraction of sp³-hybridized carbons (Fsp3) is 0.308. The Kier molecular flexibility index (Phi) is 3.94. The van der Waals surface area contributed by atoms with Gasteiger partial charge in [-0.15, -0.1) is 0 Å². The van der Waals surface area contributed by atoms with Crippen LogP contribution in [0.4, 0.5) is 10.1 Å². The molecule has 4 nitrogen and oxygen atoms in total. The number of nitrogens with one attached hydrogen (secondary N) is 2. The molecule has 1 aliphatic rings. The Morgan fingerprint density at radius 2 is 2.39 bits per heavy atom. The number of carbonyl (C=O) groups is 1. The Morgan fingerprint density at radius 1 is 1.56 bits per heavy atom. The van der Waals surface area contributed by atoms with Gasteiger partial charge >= 0.3 is 0 Å². The second-order valence-electron chi connectivity index (χ2n) is 4.00. The third kappa shape index (κ3) is 2.68.